The number of hydrogen-bond donors (Lipinski definition) is 3. The van der Waals surface area contributed by atoms with E-state index in [0.717, 1.165) is 25.7 Å². The molecule has 0 heterocycles. The Morgan fingerprint density at radius 1 is 1.41 bits per heavy atom. The smallest absolute Gasteiger partial charge is 0.242 e. The summed E-state index contributed by atoms with van der Waals surface area (Å²) in [7, 11) is 0. The molecule has 4 N–H and O–H groups in total. The van der Waals surface area contributed by atoms with Crippen molar-refractivity contribution in [2.24, 2.45) is 5.73 Å². The highest BCUT2D eigenvalue weighted by molar-refractivity contribution is 5.87. The van der Waals surface area contributed by atoms with E-state index in [1.807, 2.05) is 6.92 Å². The summed E-state index contributed by atoms with van der Waals surface area (Å²) in [5.41, 5.74) is 5.64. The quantitative estimate of drug-likeness (QED) is 0.625. The van der Waals surface area contributed by atoms with E-state index in [2.05, 4.69) is 10.6 Å². The van der Waals surface area contributed by atoms with Crippen molar-refractivity contribution >= 4 is 11.8 Å². The van der Waals surface area contributed by atoms with Crippen LogP contribution >= 0.6 is 0 Å². The summed E-state index contributed by atoms with van der Waals surface area (Å²) < 4.78 is 0. The van der Waals surface area contributed by atoms with Gasteiger partial charge in [0.15, 0.2) is 0 Å². The molecule has 0 aliphatic heterocycles. The van der Waals surface area contributed by atoms with E-state index >= 15 is 0 Å². The second-order valence-corrected chi connectivity index (χ2v) is 4.97. The highest BCUT2D eigenvalue weighted by Gasteiger charge is 2.35. The molecule has 1 aliphatic carbocycles. The molecule has 1 atom stereocenters. The number of amides is 2. The average molecular weight is 241 g/mol. The molecule has 0 saturated heterocycles. The van der Waals surface area contributed by atoms with Crippen molar-refractivity contribution in [3.05, 3.63) is 0 Å². The molecule has 1 saturated carbocycles. The molecule has 98 valence electrons. The summed E-state index contributed by atoms with van der Waals surface area (Å²) >= 11 is 0. The molecule has 1 unspecified atom stereocenters. The second-order valence-electron chi connectivity index (χ2n) is 4.97. The van der Waals surface area contributed by atoms with Crippen LogP contribution in [0.2, 0.25) is 0 Å². The fourth-order valence-corrected chi connectivity index (χ4v) is 1.89. The van der Waals surface area contributed by atoms with Crippen LogP contribution in [0.3, 0.4) is 0 Å². The molecule has 1 aliphatic rings. The number of nitrogens with two attached hydrogens (primary N) is 1. The first kappa shape index (κ1) is 14.0. The number of carbonyl (C=O) groups excluding carboxylic acids is 2. The third kappa shape index (κ3) is 4.34. The van der Waals surface area contributed by atoms with Gasteiger partial charge >= 0.3 is 0 Å². The first-order valence-corrected chi connectivity index (χ1v) is 6.33. The van der Waals surface area contributed by atoms with Crippen molar-refractivity contribution in [2.75, 3.05) is 6.54 Å². The standard InChI is InChI=1S/C12H23N3O2/c1-3-7-14-11(17)9(2)15-10(16)8-12(13)5-4-6-12/h9H,3-8,13H2,1-2H3,(H,14,17)(H,15,16). The maximum atomic E-state index is 11.7. The maximum Gasteiger partial charge on any atom is 0.242 e. The van der Waals surface area contributed by atoms with Gasteiger partial charge in [0, 0.05) is 18.5 Å². The van der Waals surface area contributed by atoms with Crippen LogP contribution in [-0.4, -0.2) is 29.9 Å². The third-order valence-corrected chi connectivity index (χ3v) is 3.18. The first-order valence-electron chi connectivity index (χ1n) is 6.33. The van der Waals surface area contributed by atoms with Crippen molar-refractivity contribution < 1.29 is 9.59 Å². The van der Waals surface area contributed by atoms with Gasteiger partial charge in [-0.2, -0.15) is 0 Å². The fourth-order valence-electron chi connectivity index (χ4n) is 1.89. The molecule has 2 amide bonds. The largest absolute Gasteiger partial charge is 0.354 e. The van der Waals surface area contributed by atoms with Gasteiger partial charge in [-0.25, -0.2) is 0 Å². The molecular formula is C12H23N3O2. The van der Waals surface area contributed by atoms with Gasteiger partial charge in [0.05, 0.1) is 0 Å². The number of hydrogen-bond acceptors (Lipinski definition) is 3. The molecule has 5 heteroatoms. The molecule has 0 radical (unpaired) electrons. The predicted molar refractivity (Wildman–Crippen MR) is 66.3 cm³/mol. The van der Waals surface area contributed by atoms with Gasteiger partial charge in [-0.05, 0) is 32.6 Å². The topological polar surface area (TPSA) is 84.2 Å². The predicted octanol–water partition coefficient (Wildman–Crippen LogP) is 0.289. The van der Waals surface area contributed by atoms with Crippen LogP contribution < -0.4 is 16.4 Å². The SMILES string of the molecule is CCCNC(=O)C(C)NC(=O)CC1(N)CCC1. The molecular weight excluding hydrogens is 218 g/mol. The first-order chi connectivity index (χ1) is 7.97. The summed E-state index contributed by atoms with van der Waals surface area (Å²) in [4.78, 5) is 23.2. The highest BCUT2D eigenvalue weighted by atomic mass is 16.2. The van der Waals surface area contributed by atoms with Gasteiger partial charge in [0.25, 0.3) is 0 Å². The van der Waals surface area contributed by atoms with Crippen LogP contribution in [-0.2, 0) is 9.59 Å². The lowest BCUT2D eigenvalue weighted by molar-refractivity contribution is -0.129. The number of carbonyl (C=O) groups is 2. The third-order valence-electron chi connectivity index (χ3n) is 3.18. The van der Waals surface area contributed by atoms with Gasteiger partial charge in [-0.1, -0.05) is 6.92 Å². The fraction of sp³-hybridized carbons (Fsp3) is 0.833. The van der Waals surface area contributed by atoms with Crippen molar-refractivity contribution in [2.45, 2.75) is 57.5 Å². The Labute approximate surface area is 103 Å². The van der Waals surface area contributed by atoms with E-state index < -0.39 is 6.04 Å². The lowest BCUT2D eigenvalue weighted by Gasteiger charge is -2.37. The van der Waals surface area contributed by atoms with Crippen molar-refractivity contribution in [3.63, 3.8) is 0 Å². The second kappa shape index (κ2) is 6.00. The minimum absolute atomic E-state index is 0.133. The van der Waals surface area contributed by atoms with Crippen molar-refractivity contribution in [1.82, 2.24) is 10.6 Å². The number of nitrogens with one attached hydrogen (secondary N) is 2. The number of rotatable bonds is 6. The van der Waals surface area contributed by atoms with Crippen LogP contribution in [0.1, 0.15) is 46.0 Å². The molecule has 0 aromatic heterocycles. The van der Waals surface area contributed by atoms with Crippen LogP contribution in [0.5, 0.6) is 0 Å². The summed E-state index contributed by atoms with van der Waals surface area (Å²) in [5, 5.41) is 5.43. The Balaban J connectivity index is 2.27. The van der Waals surface area contributed by atoms with E-state index in [4.69, 9.17) is 5.73 Å². The normalized spacial score (nSPS) is 19.0. The Kier molecular flexibility index (Phi) is 4.93. The zero-order valence-corrected chi connectivity index (χ0v) is 10.7. The van der Waals surface area contributed by atoms with Crippen molar-refractivity contribution in [3.8, 4) is 0 Å². The van der Waals surface area contributed by atoms with Gasteiger partial charge in [0.2, 0.25) is 11.8 Å². The summed E-state index contributed by atoms with van der Waals surface area (Å²) in [6.45, 7) is 4.31. The van der Waals surface area contributed by atoms with Gasteiger partial charge in [-0.15, -0.1) is 0 Å². The molecule has 0 aromatic carbocycles. The lowest BCUT2D eigenvalue weighted by Crippen LogP contribution is -2.52. The Bertz CT molecular complexity index is 287. The highest BCUT2D eigenvalue weighted by Crippen LogP contribution is 2.31. The molecule has 0 aromatic rings. The summed E-state index contributed by atoms with van der Waals surface area (Å²) in [6, 6.07) is -0.488. The van der Waals surface area contributed by atoms with E-state index in [1.165, 1.54) is 0 Å². The van der Waals surface area contributed by atoms with Crippen molar-refractivity contribution in [1.29, 1.82) is 0 Å². The van der Waals surface area contributed by atoms with Gasteiger partial charge in [-0.3, -0.25) is 9.59 Å². The lowest BCUT2D eigenvalue weighted by atomic mass is 9.75. The van der Waals surface area contributed by atoms with Gasteiger partial charge < -0.3 is 16.4 Å². The summed E-state index contributed by atoms with van der Waals surface area (Å²) in [6.07, 6.45) is 4.10. The monoisotopic (exact) mass is 241 g/mol. The van der Waals surface area contributed by atoms with Crippen LogP contribution in [0.15, 0.2) is 0 Å². The Morgan fingerprint density at radius 2 is 2.06 bits per heavy atom. The Morgan fingerprint density at radius 3 is 2.53 bits per heavy atom. The molecule has 17 heavy (non-hydrogen) atoms. The average Bonchev–Trinajstić information content (AvgIpc) is 2.23. The molecule has 1 fully saturated rings. The molecule has 0 spiro atoms. The van der Waals surface area contributed by atoms with E-state index in [9.17, 15) is 9.59 Å². The molecule has 1 rings (SSSR count). The minimum atomic E-state index is -0.488. The van der Waals surface area contributed by atoms with E-state index in [-0.39, 0.29) is 17.4 Å². The molecule has 0 bridgehead atoms. The maximum absolute atomic E-state index is 11.7. The molecule has 5 nitrogen and oxygen atoms in total. The van der Waals surface area contributed by atoms with E-state index in [1.54, 1.807) is 6.92 Å². The zero-order valence-electron chi connectivity index (χ0n) is 10.7. The van der Waals surface area contributed by atoms with E-state index in [0.29, 0.717) is 13.0 Å². The Hall–Kier alpha value is -1.10. The van der Waals surface area contributed by atoms with Crippen LogP contribution in [0, 0.1) is 0 Å². The minimum Gasteiger partial charge on any atom is -0.354 e. The summed E-state index contributed by atoms with van der Waals surface area (Å²) in [5.74, 6) is -0.272. The van der Waals surface area contributed by atoms with Crippen LogP contribution in [0.4, 0.5) is 0 Å². The van der Waals surface area contributed by atoms with Gasteiger partial charge in [0.1, 0.15) is 6.04 Å². The zero-order chi connectivity index (χ0) is 12.9. The van der Waals surface area contributed by atoms with Crippen LogP contribution in [0.25, 0.3) is 0 Å².